The summed E-state index contributed by atoms with van der Waals surface area (Å²) < 4.78 is 67.3. The molecule has 2 aromatic carbocycles. The lowest BCUT2D eigenvalue weighted by molar-refractivity contribution is -0.00967. The summed E-state index contributed by atoms with van der Waals surface area (Å²) in [5, 5.41) is -4.67. The van der Waals surface area contributed by atoms with Gasteiger partial charge in [0, 0.05) is 3.57 Å². The predicted octanol–water partition coefficient (Wildman–Crippen LogP) is 5.00. The number of benzene rings is 2. The van der Waals surface area contributed by atoms with E-state index in [0.717, 1.165) is 5.56 Å². The van der Waals surface area contributed by atoms with Crippen LogP contribution in [0, 0.1) is 10.7 Å². The Hall–Kier alpha value is -0.920. The van der Waals surface area contributed by atoms with E-state index in [1.165, 1.54) is 18.2 Å². The Bertz CT molecular complexity index is 1150. The standard InChI is InChI=1S/C18H11F2I3O7S/c1-2-9-3-5-10(6-4-9)16(24)30-15-12(22)7-11(21)13(14(15)23)17(25)29-8-18(19,20)31(26,27)28/h2-7H,1,8H2,(H,26,27,28). The van der Waals surface area contributed by atoms with Gasteiger partial charge in [-0.2, -0.15) is 17.2 Å². The van der Waals surface area contributed by atoms with Gasteiger partial charge in [-0.15, -0.1) is 0 Å². The Balaban J connectivity index is 2.32. The van der Waals surface area contributed by atoms with E-state index in [2.05, 4.69) is 11.3 Å². The molecule has 0 radical (unpaired) electrons. The van der Waals surface area contributed by atoms with Gasteiger partial charge in [0.05, 0.1) is 18.3 Å². The van der Waals surface area contributed by atoms with Crippen molar-refractivity contribution in [3.05, 3.63) is 64.3 Å². The predicted molar refractivity (Wildman–Crippen MR) is 133 cm³/mol. The highest BCUT2D eigenvalue weighted by Gasteiger charge is 2.46. The van der Waals surface area contributed by atoms with E-state index in [1.807, 2.05) is 22.6 Å². The molecule has 0 spiro atoms. The molecule has 0 unspecified atom stereocenters. The normalized spacial score (nSPS) is 11.7. The molecular weight excluding hydrogens is 779 g/mol. The van der Waals surface area contributed by atoms with Crippen molar-refractivity contribution in [2.75, 3.05) is 6.61 Å². The molecule has 0 atom stereocenters. The lowest BCUT2D eigenvalue weighted by Gasteiger charge is -2.16. The van der Waals surface area contributed by atoms with Crippen molar-refractivity contribution in [2.24, 2.45) is 0 Å². The summed E-state index contributed by atoms with van der Waals surface area (Å²) in [7, 11) is -5.76. The van der Waals surface area contributed by atoms with Gasteiger partial charge in [0.25, 0.3) is 0 Å². The molecule has 0 saturated heterocycles. The van der Waals surface area contributed by atoms with Crippen LogP contribution in [0.3, 0.4) is 0 Å². The van der Waals surface area contributed by atoms with Crippen molar-refractivity contribution in [1.82, 2.24) is 0 Å². The minimum absolute atomic E-state index is 0.00732. The third-order valence-corrected chi connectivity index (χ3v) is 7.21. The maximum atomic E-state index is 13.4. The highest BCUT2D eigenvalue weighted by atomic mass is 127. The molecule has 2 rings (SSSR count). The van der Waals surface area contributed by atoms with E-state index in [-0.39, 0.29) is 20.4 Å². The van der Waals surface area contributed by atoms with Crippen LogP contribution in [0.4, 0.5) is 8.78 Å². The smallest absolute Gasteiger partial charge is 0.402 e. The first kappa shape index (κ1) is 26.3. The Labute approximate surface area is 216 Å². The molecule has 31 heavy (non-hydrogen) atoms. The lowest BCUT2D eigenvalue weighted by Crippen LogP contribution is -2.34. The molecule has 0 aromatic heterocycles. The largest absolute Gasteiger partial charge is 0.454 e. The monoisotopic (exact) mass is 790 g/mol. The van der Waals surface area contributed by atoms with E-state index in [1.54, 1.807) is 63.4 Å². The van der Waals surface area contributed by atoms with Gasteiger partial charge in [-0.3, -0.25) is 4.55 Å². The fourth-order valence-corrected chi connectivity index (χ4v) is 6.30. The van der Waals surface area contributed by atoms with Gasteiger partial charge in [-0.25, -0.2) is 9.59 Å². The summed E-state index contributed by atoms with van der Waals surface area (Å²) in [5.74, 6) is -1.99. The summed E-state index contributed by atoms with van der Waals surface area (Å²) in [4.78, 5) is 24.8. The van der Waals surface area contributed by atoms with Gasteiger partial charge in [-0.05, 0) is 91.5 Å². The zero-order valence-corrected chi connectivity index (χ0v) is 22.4. The van der Waals surface area contributed by atoms with Crippen LogP contribution in [0.1, 0.15) is 26.3 Å². The van der Waals surface area contributed by atoms with Gasteiger partial charge >= 0.3 is 27.3 Å². The molecule has 1 N–H and O–H groups in total. The Morgan fingerprint density at radius 3 is 2.19 bits per heavy atom. The summed E-state index contributed by atoms with van der Waals surface area (Å²) in [5.41, 5.74) is 0.826. The molecule has 7 nitrogen and oxygen atoms in total. The highest BCUT2D eigenvalue weighted by molar-refractivity contribution is 14.1. The zero-order chi connectivity index (χ0) is 23.6. The molecule has 0 saturated carbocycles. The minimum atomic E-state index is -5.76. The number of carbonyl (C=O) groups is 2. The molecule has 13 heteroatoms. The van der Waals surface area contributed by atoms with Crippen molar-refractivity contribution >= 4 is 95.9 Å². The first-order valence-corrected chi connectivity index (χ1v) is 12.6. The molecule has 0 fully saturated rings. The number of hydrogen-bond acceptors (Lipinski definition) is 6. The maximum absolute atomic E-state index is 13.4. The van der Waals surface area contributed by atoms with E-state index in [0.29, 0.717) is 7.14 Å². The van der Waals surface area contributed by atoms with Crippen LogP contribution in [-0.2, 0) is 14.9 Å². The maximum Gasteiger partial charge on any atom is 0.402 e. The second-order valence-corrected chi connectivity index (χ2v) is 10.7. The van der Waals surface area contributed by atoms with Gasteiger partial charge in [-0.1, -0.05) is 24.8 Å². The molecule has 2 aromatic rings. The van der Waals surface area contributed by atoms with Crippen LogP contribution >= 0.6 is 67.8 Å². The van der Waals surface area contributed by atoms with Crippen LogP contribution in [0.15, 0.2) is 36.9 Å². The number of halogens is 5. The van der Waals surface area contributed by atoms with E-state index in [9.17, 15) is 26.8 Å². The second kappa shape index (κ2) is 10.3. The third-order valence-electron chi connectivity index (χ3n) is 3.66. The molecular formula is C18H11F2I3O7S. The van der Waals surface area contributed by atoms with Gasteiger partial charge in [0.1, 0.15) is 0 Å². The summed E-state index contributed by atoms with van der Waals surface area (Å²) >= 11 is 5.33. The molecule has 0 aliphatic carbocycles. The van der Waals surface area contributed by atoms with Crippen LogP contribution in [0.2, 0.25) is 0 Å². The number of alkyl halides is 2. The average Bonchev–Trinajstić information content (AvgIpc) is 2.68. The minimum Gasteiger partial charge on any atom is -0.454 e. The van der Waals surface area contributed by atoms with Crippen LogP contribution in [-0.4, -0.2) is 36.8 Å². The van der Waals surface area contributed by atoms with Crippen LogP contribution in [0.5, 0.6) is 5.75 Å². The summed E-state index contributed by atoms with van der Waals surface area (Å²) in [6.45, 7) is 1.74. The van der Waals surface area contributed by atoms with Gasteiger partial charge in [0.2, 0.25) is 0 Å². The quantitative estimate of drug-likeness (QED) is 0.182. The summed E-state index contributed by atoms with van der Waals surface area (Å²) in [6.07, 6.45) is 1.60. The Morgan fingerprint density at radius 2 is 1.68 bits per heavy atom. The number of hydrogen-bond donors (Lipinski definition) is 1. The van der Waals surface area contributed by atoms with E-state index in [4.69, 9.17) is 9.29 Å². The number of rotatable bonds is 7. The summed E-state index contributed by atoms with van der Waals surface area (Å²) in [6, 6.07) is 7.83. The molecule has 0 amide bonds. The molecule has 0 aliphatic heterocycles. The molecule has 166 valence electrons. The first-order valence-electron chi connectivity index (χ1n) is 7.92. The van der Waals surface area contributed by atoms with Gasteiger partial charge < -0.3 is 9.47 Å². The topological polar surface area (TPSA) is 107 Å². The van der Waals surface area contributed by atoms with Crippen LogP contribution in [0.25, 0.3) is 6.08 Å². The van der Waals surface area contributed by atoms with Crippen molar-refractivity contribution in [2.45, 2.75) is 5.25 Å². The molecule has 0 aliphatic rings. The fourth-order valence-electron chi connectivity index (χ4n) is 2.06. The zero-order valence-electron chi connectivity index (χ0n) is 15.1. The Kier molecular flexibility index (Phi) is 8.79. The highest BCUT2D eigenvalue weighted by Crippen LogP contribution is 2.35. The van der Waals surface area contributed by atoms with Crippen molar-refractivity contribution in [1.29, 1.82) is 0 Å². The van der Waals surface area contributed by atoms with Crippen molar-refractivity contribution < 1.29 is 40.8 Å². The van der Waals surface area contributed by atoms with Crippen LogP contribution < -0.4 is 4.74 Å². The Morgan fingerprint density at radius 1 is 1.10 bits per heavy atom. The number of ether oxygens (including phenoxy) is 2. The molecule has 0 heterocycles. The third kappa shape index (κ3) is 6.32. The lowest BCUT2D eigenvalue weighted by atomic mass is 10.1. The number of esters is 2. The first-order chi connectivity index (χ1) is 14.3. The average molecular weight is 790 g/mol. The number of carbonyl (C=O) groups excluding carboxylic acids is 2. The second-order valence-electron chi connectivity index (χ2n) is 5.76. The van der Waals surface area contributed by atoms with E-state index >= 15 is 0 Å². The van der Waals surface area contributed by atoms with Crippen molar-refractivity contribution in [3.63, 3.8) is 0 Å². The van der Waals surface area contributed by atoms with Crippen molar-refractivity contribution in [3.8, 4) is 5.75 Å². The fraction of sp³-hybridized carbons (Fsp3) is 0.111. The van der Waals surface area contributed by atoms with Gasteiger partial charge in [0.15, 0.2) is 12.4 Å². The van der Waals surface area contributed by atoms with E-state index < -0.39 is 33.9 Å². The SMILES string of the molecule is C=Cc1ccc(C(=O)Oc2c(I)cc(I)c(C(=O)OCC(F)(F)S(=O)(=O)O)c2I)cc1. The molecule has 0 bridgehead atoms.